The molecule has 1 amide bonds. The Morgan fingerprint density at radius 1 is 0.974 bits per heavy atom. The molecule has 1 aliphatic heterocycles. The van der Waals surface area contributed by atoms with Gasteiger partial charge in [-0.15, -0.1) is 0 Å². The molecule has 2 aromatic heterocycles. The van der Waals surface area contributed by atoms with E-state index in [0.717, 1.165) is 54.2 Å². The zero-order valence-corrected chi connectivity index (χ0v) is 23.1. The molecule has 4 aromatic rings. The summed E-state index contributed by atoms with van der Waals surface area (Å²) >= 11 is 0. The molecule has 0 aliphatic carbocycles. The fourth-order valence-electron chi connectivity index (χ4n) is 5.14. The molecule has 1 aliphatic rings. The van der Waals surface area contributed by atoms with Crippen LogP contribution in [0.3, 0.4) is 0 Å². The highest BCUT2D eigenvalue weighted by Crippen LogP contribution is 2.30. The van der Waals surface area contributed by atoms with Crippen LogP contribution in [-0.2, 0) is 0 Å². The summed E-state index contributed by atoms with van der Waals surface area (Å²) in [6, 6.07) is 15.4. The van der Waals surface area contributed by atoms with Gasteiger partial charge in [-0.1, -0.05) is 38.5 Å². The molecule has 0 N–H and O–H groups in total. The number of methoxy groups -OCH3 is 2. The molecule has 0 radical (unpaired) electrons. The summed E-state index contributed by atoms with van der Waals surface area (Å²) in [4.78, 5) is 27.8. The average molecular weight is 529 g/mol. The fourth-order valence-corrected chi connectivity index (χ4v) is 5.14. The van der Waals surface area contributed by atoms with E-state index in [-0.39, 0.29) is 11.8 Å². The molecule has 5 rings (SSSR count). The van der Waals surface area contributed by atoms with Crippen LogP contribution in [0.25, 0.3) is 16.7 Å². The molecule has 3 heterocycles. The molecule has 204 valence electrons. The smallest absolute Gasteiger partial charge is 0.254 e. The summed E-state index contributed by atoms with van der Waals surface area (Å²) in [5, 5.41) is 5.63. The molecular formula is C30H36N6O3. The van der Waals surface area contributed by atoms with Crippen LogP contribution in [0.5, 0.6) is 11.5 Å². The van der Waals surface area contributed by atoms with Crippen LogP contribution in [-0.4, -0.2) is 71.0 Å². The normalized spacial score (nSPS) is 14.8. The largest absolute Gasteiger partial charge is 0.497 e. The summed E-state index contributed by atoms with van der Waals surface area (Å²) in [6.07, 6.45) is 4.76. The van der Waals surface area contributed by atoms with Crippen LogP contribution >= 0.6 is 0 Å². The maximum atomic E-state index is 13.5. The monoisotopic (exact) mass is 528 g/mol. The van der Waals surface area contributed by atoms with E-state index in [1.165, 1.54) is 0 Å². The van der Waals surface area contributed by atoms with Crippen molar-refractivity contribution in [1.82, 2.24) is 24.6 Å². The van der Waals surface area contributed by atoms with Gasteiger partial charge >= 0.3 is 0 Å². The Labute approximate surface area is 229 Å². The first kappa shape index (κ1) is 26.5. The number of fused-ring (bicyclic) bond motifs is 1. The van der Waals surface area contributed by atoms with Crippen molar-refractivity contribution >= 4 is 22.8 Å². The van der Waals surface area contributed by atoms with Crippen molar-refractivity contribution in [2.24, 2.45) is 0 Å². The first-order valence-electron chi connectivity index (χ1n) is 13.6. The van der Waals surface area contributed by atoms with Crippen molar-refractivity contribution in [2.45, 2.75) is 39.0 Å². The molecule has 39 heavy (non-hydrogen) atoms. The van der Waals surface area contributed by atoms with Crippen molar-refractivity contribution in [3.05, 3.63) is 66.1 Å². The molecule has 2 aromatic carbocycles. The lowest BCUT2D eigenvalue weighted by Crippen LogP contribution is -2.35. The van der Waals surface area contributed by atoms with Gasteiger partial charge in [0.05, 0.1) is 31.5 Å². The van der Waals surface area contributed by atoms with Gasteiger partial charge in [-0.05, 0) is 37.1 Å². The highest BCUT2D eigenvalue weighted by molar-refractivity contribution is 5.95. The van der Waals surface area contributed by atoms with Crippen molar-refractivity contribution in [3.8, 4) is 17.2 Å². The number of carbonyl (C=O) groups is 1. The second-order valence-electron chi connectivity index (χ2n) is 9.96. The topological polar surface area (TPSA) is 85.6 Å². The van der Waals surface area contributed by atoms with Gasteiger partial charge < -0.3 is 19.3 Å². The van der Waals surface area contributed by atoms with E-state index >= 15 is 0 Å². The van der Waals surface area contributed by atoms with Gasteiger partial charge in [0.1, 0.15) is 23.1 Å². The van der Waals surface area contributed by atoms with Crippen LogP contribution in [0.15, 0.2) is 54.7 Å². The molecule has 9 heteroatoms. The van der Waals surface area contributed by atoms with E-state index in [4.69, 9.17) is 24.5 Å². The van der Waals surface area contributed by atoms with E-state index in [2.05, 4.69) is 18.7 Å². The lowest BCUT2D eigenvalue weighted by molar-refractivity contribution is 0.0766. The Bertz CT molecular complexity index is 1420. The molecule has 0 saturated carbocycles. The van der Waals surface area contributed by atoms with E-state index in [9.17, 15) is 4.79 Å². The molecule has 0 bridgehead atoms. The highest BCUT2D eigenvalue weighted by Gasteiger charge is 2.25. The number of anilines is 1. The summed E-state index contributed by atoms with van der Waals surface area (Å²) in [5.74, 6) is 3.11. The van der Waals surface area contributed by atoms with Crippen LogP contribution in [0.4, 0.5) is 5.82 Å². The van der Waals surface area contributed by atoms with Crippen molar-refractivity contribution in [2.75, 3.05) is 45.3 Å². The Kier molecular flexibility index (Phi) is 7.95. The highest BCUT2D eigenvalue weighted by atomic mass is 16.5. The number of amides is 1. The third-order valence-corrected chi connectivity index (χ3v) is 7.27. The third-order valence-electron chi connectivity index (χ3n) is 7.27. The Morgan fingerprint density at radius 2 is 1.72 bits per heavy atom. The summed E-state index contributed by atoms with van der Waals surface area (Å²) in [6.45, 7) is 7.06. The number of rotatable bonds is 8. The van der Waals surface area contributed by atoms with Gasteiger partial charge in [-0.25, -0.2) is 14.6 Å². The molecule has 0 unspecified atom stereocenters. The maximum Gasteiger partial charge on any atom is 0.254 e. The van der Waals surface area contributed by atoms with Gasteiger partial charge in [0.2, 0.25) is 0 Å². The van der Waals surface area contributed by atoms with Crippen LogP contribution in [0.2, 0.25) is 0 Å². The number of benzene rings is 2. The second kappa shape index (κ2) is 11.7. The third kappa shape index (κ3) is 5.53. The first-order valence-corrected chi connectivity index (χ1v) is 13.6. The summed E-state index contributed by atoms with van der Waals surface area (Å²) in [7, 11) is 3.18. The molecule has 1 atom stereocenters. The van der Waals surface area contributed by atoms with Crippen LogP contribution in [0.1, 0.15) is 55.2 Å². The molecule has 1 fully saturated rings. The predicted molar refractivity (Wildman–Crippen MR) is 152 cm³/mol. The van der Waals surface area contributed by atoms with E-state index in [0.29, 0.717) is 36.7 Å². The van der Waals surface area contributed by atoms with E-state index in [1.54, 1.807) is 32.4 Å². The van der Waals surface area contributed by atoms with Gasteiger partial charge in [0.15, 0.2) is 5.65 Å². The minimum absolute atomic E-state index is 0.0314. The number of ether oxygens (including phenoxy) is 2. The maximum absolute atomic E-state index is 13.5. The zero-order chi connectivity index (χ0) is 27.4. The van der Waals surface area contributed by atoms with Gasteiger partial charge in [0.25, 0.3) is 5.91 Å². The molecule has 1 saturated heterocycles. The van der Waals surface area contributed by atoms with Crippen molar-refractivity contribution in [3.63, 3.8) is 0 Å². The van der Waals surface area contributed by atoms with E-state index < -0.39 is 0 Å². The molecular weight excluding hydrogens is 492 g/mol. The number of aromatic nitrogens is 4. The van der Waals surface area contributed by atoms with Crippen molar-refractivity contribution < 1.29 is 14.3 Å². The predicted octanol–water partition coefficient (Wildman–Crippen LogP) is 5.09. The minimum Gasteiger partial charge on any atom is -0.497 e. The standard InChI is InChI=1S/C30H36N6O3/c1-5-10-21(2)27-32-28(26-20-31-36(29(26)33-27)23-11-7-6-8-12-23)34-13-9-14-35(16-15-34)30(37)22-17-24(38-3)19-25(18-22)39-4/h6-8,11-12,17-21H,5,9-10,13-16H2,1-4H3/t21-/m1/s1. The minimum atomic E-state index is -0.0314. The lowest BCUT2D eigenvalue weighted by Gasteiger charge is -2.24. The Balaban J connectivity index is 1.46. The van der Waals surface area contributed by atoms with Gasteiger partial charge in [0, 0.05) is 43.7 Å². The second-order valence-corrected chi connectivity index (χ2v) is 9.96. The van der Waals surface area contributed by atoms with E-state index in [1.807, 2.05) is 46.1 Å². The van der Waals surface area contributed by atoms with Gasteiger partial charge in [-0.3, -0.25) is 4.79 Å². The van der Waals surface area contributed by atoms with Crippen LogP contribution < -0.4 is 14.4 Å². The zero-order valence-electron chi connectivity index (χ0n) is 23.1. The lowest BCUT2D eigenvalue weighted by atomic mass is 10.1. The Morgan fingerprint density at radius 3 is 2.41 bits per heavy atom. The molecule has 0 spiro atoms. The first-order chi connectivity index (χ1) is 19.0. The number of carbonyl (C=O) groups excluding carboxylic acids is 1. The number of hydrogen-bond acceptors (Lipinski definition) is 7. The number of nitrogens with zero attached hydrogens (tertiary/aromatic N) is 6. The SMILES string of the molecule is CCC[C@@H](C)c1nc(N2CCCN(C(=O)c3cc(OC)cc(OC)c3)CC2)c2cnn(-c3ccccc3)c2n1. The number of para-hydroxylation sites is 1. The van der Waals surface area contributed by atoms with Crippen LogP contribution in [0, 0.1) is 0 Å². The molecule has 9 nitrogen and oxygen atoms in total. The summed E-state index contributed by atoms with van der Waals surface area (Å²) in [5.41, 5.74) is 2.33. The quantitative estimate of drug-likeness (QED) is 0.315. The number of hydrogen-bond donors (Lipinski definition) is 0. The average Bonchev–Trinajstić information content (AvgIpc) is 3.25. The van der Waals surface area contributed by atoms with Crippen molar-refractivity contribution in [1.29, 1.82) is 0 Å². The van der Waals surface area contributed by atoms with Gasteiger partial charge in [-0.2, -0.15) is 5.10 Å². The Hall–Kier alpha value is -4.14. The summed E-state index contributed by atoms with van der Waals surface area (Å²) < 4.78 is 12.6. The fraction of sp³-hybridized carbons (Fsp3) is 0.400.